The molecule has 2 aliphatic carbocycles. The molecule has 8 aromatic carbocycles. The van der Waals surface area contributed by atoms with E-state index < -0.39 is 0 Å². The lowest BCUT2D eigenvalue weighted by Gasteiger charge is -2.37. The van der Waals surface area contributed by atoms with Crippen LogP contribution in [0.1, 0.15) is 72.9 Å². The standard InChI is InChI=1S/C54H48P2/c1-7-17-45-35(11-1)21-24-40-32-55(33-41-25-22-36-12-2-8-18-46(36)51(41)50(40)45)44-29-27-39(31-44)54-49-30-28-38-14-4-10-20-48(38)53(49)52-42(34-56(54)43-15-5-6-16-43)26-23-37-13-3-9-19-47(37)52/h1-4,7-14,17-26,28,30,39,43-44,54H,5-6,15-16,27,29,31-34H2/t39-,44+,54?,56?/m0/s1. The fourth-order valence-corrected chi connectivity index (χ4v) is 19.1. The largest absolute Gasteiger partial charge is 0.0945 e. The number of rotatable bonds is 3. The van der Waals surface area contributed by atoms with Gasteiger partial charge in [-0.25, -0.2) is 0 Å². The van der Waals surface area contributed by atoms with Gasteiger partial charge in [0.15, 0.2) is 0 Å². The highest BCUT2D eigenvalue weighted by Gasteiger charge is 2.44. The average Bonchev–Trinajstić information content (AvgIpc) is 3.91. The molecule has 4 atom stereocenters. The molecule has 0 bridgehead atoms. The Morgan fingerprint density at radius 3 is 1.36 bits per heavy atom. The van der Waals surface area contributed by atoms with Gasteiger partial charge in [0.25, 0.3) is 0 Å². The molecular formula is C54H48P2. The van der Waals surface area contributed by atoms with E-state index in [1.807, 2.05) is 0 Å². The Morgan fingerprint density at radius 1 is 0.375 bits per heavy atom. The van der Waals surface area contributed by atoms with Gasteiger partial charge in [0.05, 0.1) is 0 Å². The van der Waals surface area contributed by atoms with Crippen molar-refractivity contribution in [3.05, 3.63) is 168 Å². The van der Waals surface area contributed by atoms with Crippen LogP contribution in [0.15, 0.2) is 146 Å². The van der Waals surface area contributed by atoms with Crippen LogP contribution >= 0.6 is 15.8 Å². The van der Waals surface area contributed by atoms with Gasteiger partial charge < -0.3 is 0 Å². The van der Waals surface area contributed by atoms with Gasteiger partial charge >= 0.3 is 0 Å². The van der Waals surface area contributed by atoms with Crippen molar-refractivity contribution >= 4 is 58.9 Å². The van der Waals surface area contributed by atoms with Crippen LogP contribution in [-0.2, 0) is 18.5 Å². The summed E-state index contributed by atoms with van der Waals surface area (Å²) in [5.74, 6) is 0.755. The quantitative estimate of drug-likeness (QED) is 0.157. The Kier molecular flexibility index (Phi) is 8.23. The van der Waals surface area contributed by atoms with Crippen molar-refractivity contribution < 1.29 is 0 Å². The summed E-state index contributed by atoms with van der Waals surface area (Å²) in [5.41, 5.74) is 15.0. The monoisotopic (exact) mass is 758 g/mol. The number of benzene rings is 8. The molecule has 0 nitrogen and oxygen atoms in total. The molecule has 2 aliphatic heterocycles. The maximum atomic E-state index is 2.64. The highest BCUT2D eigenvalue weighted by Crippen LogP contribution is 2.71. The fourth-order valence-electron chi connectivity index (χ4n) is 12.0. The van der Waals surface area contributed by atoms with E-state index in [-0.39, 0.29) is 15.8 Å². The summed E-state index contributed by atoms with van der Waals surface area (Å²) in [6.07, 6.45) is 13.7. The van der Waals surface area contributed by atoms with E-state index in [4.69, 9.17) is 0 Å². The van der Waals surface area contributed by atoms with Crippen LogP contribution in [0.25, 0.3) is 65.3 Å². The zero-order valence-electron chi connectivity index (χ0n) is 32.1. The Labute approximate surface area is 333 Å². The van der Waals surface area contributed by atoms with Crippen LogP contribution in [0.2, 0.25) is 0 Å². The predicted molar refractivity (Wildman–Crippen MR) is 245 cm³/mol. The molecule has 4 aliphatic rings. The van der Waals surface area contributed by atoms with Crippen molar-refractivity contribution in [1.29, 1.82) is 0 Å². The van der Waals surface area contributed by atoms with Crippen molar-refractivity contribution in [1.82, 2.24) is 0 Å². The zero-order valence-corrected chi connectivity index (χ0v) is 33.9. The van der Waals surface area contributed by atoms with E-state index in [2.05, 4.69) is 146 Å². The second kappa shape index (κ2) is 13.7. The summed E-state index contributed by atoms with van der Waals surface area (Å²) in [6.45, 7) is 0. The van der Waals surface area contributed by atoms with E-state index in [9.17, 15) is 0 Å². The van der Waals surface area contributed by atoms with E-state index in [1.54, 1.807) is 33.4 Å². The smallest absolute Gasteiger partial charge is 0.00821 e. The first-order valence-corrected chi connectivity index (χ1v) is 24.8. The predicted octanol–water partition coefficient (Wildman–Crippen LogP) is 16.0. The van der Waals surface area contributed by atoms with Crippen LogP contribution < -0.4 is 0 Å². The van der Waals surface area contributed by atoms with E-state index in [0.717, 1.165) is 17.2 Å². The first-order valence-electron chi connectivity index (χ1n) is 21.3. The van der Waals surface area contributed by atoms with Crippen molar-refractivity contribution in [2.75, 3.05) is 0 Å². The third-order valence-corrected chi connectivity index (χ3v) is 21.1. The van der Waals surface area contributed by atoms with Crippen LogP contribution in [0, 0.1) is 5.92 Å². The topological polar surface area (TPSA) is 0 Å². The van der Waals surface area contributed by atoms with Crippen molar-refractivity contribution in [2.24, 2.45) is 5.92 Å². The van der Waals surface area contributed by atoms with Crippen LogP contribution in [0.5, 0.6) is 0 Å². The normalized spacial score (nSPS) is 22.5. The molecule has 12 rings (SSSR count). The van der Waals surface area contributed by atoms with Gasteiger partial charge in [-0.2, -0.15) is 0 Å². The Morgan fingerprint density at radius 2 is 0.821 bits per heavy atom. The lowest BCUT2D eigenvalue weighted by atomic mass is 9.84. The van der Waals surface area contributed by atoms with E-state index >= 15 is 0 Å². The van der Waals surface area contributed by atoms with Gasteiger partial charge in [-0.3, -0.25) is 0 Å². The summed E-state index contributed by atoms with van der Waals surface area (Å²) in [5, 5.41) is 11.3. The molecule has 56 heavy (non-hydrogen) atoms. The van der Waals surface area contributed by atoms with E-state index in [1.165, 1.54) is 118 Å². The molecule has 0 N–H and O–H groups in total. The summed E-state index contributed by atoms with van der Waals surface area (Å²) in [4.78, 5) is 0. The highest BCUT2D eigenvalue weighted by molar-refractivity contribution is 7.58. The van der Waals surface area contributed by atoms with Gasteiger partial charge in [0.2, 0.25) is 0 Å². The van der Waals surface area contributed by atoms with Crippen molar-refractivity contribution in [3.63, 3.8) is 0 Å². The third kappa shape index (κ3) is 5.39. The van der Waals surface area contributed by atoms with Gasteiger partial charge in [0.1, 0.15) is 0 Å². The van der Waals surface area contributed by atoms with Crippen LogP contribution in [0.4, 0.5) is 0 Å². The molecule has 0 aromatic heterocycles. The molecule has 2 saturated carbocycles. The Hall–Kier alpha value is -4.34. The molecule has 0 saturated heterocycles. The maximum Gasteiger partial charge on any atom is 0.00821 e. The van der Waals surface area contributed by atoms with Crippen LogP contribution in [-0.4, -0.2) is 11.3 Å². The number of hydrogen-bond acceptors (Lipinski definition) is 0. The second-order valence-electron chi connectivity index (χ2n) is 17.4. The van der Waals surface area contributed by atoms with Crippen molar-refractivity contribution in [3.8, 4) is 22.3 Å². The van der Waals surface area contributed by atoms with Gasteiger partial charge in [-0.1, -0.05) is 174 Å². The summed E-state index contributed by atoms with van der Waals surface area (Å²) in [7, 11) is -0.438. The van der Waals surface area contributed by atoms with Gasteiger partial charge in [-0.15, -0.1) is 0 Å². The first kappa shape index (κ1) is 33.8. The molecule has 2 fully saturated rings. The molecule has 2 heteroatoms. The lowest BCUT2D eigenvalue weighted by molar-refractivity contribution is 0.526. The molecule has 0 spiro atoms. The third-order valence-electron chi connectivity index (χ3n) is 14.5. The molecule has 0 radical (unpaired) electrons. The summed E-state index contributed by atoms with van der Waals surface area (Å²) < 4.78 is 0. The highest BCUT2D eigenvalue weighted by atomic mass is 31.1. The molecule has 2 unspecified atom stereocenters. The molecule has 2 heterocycles. The molecular weight excluding hydrogens is 711 g/mol. The second-order valence-corrected chi connectivity index (χ2v) is 22.6. The summed E-state index contributed by atoms with van der Waals surface area (Å²) in [6, 6.07) is 56.8. The summed E-state index contributed by atoms with van der Waals surface area (Å²) >= 11 is 0. The fraction of sp³-hybridized carbons (Fsp3) is 0.259. The van der Waals surface area contributed by atoms with Gasteiger partial charge in [-0.05, 0) is 155 Å². The minimum absolute atomic E-state index is 0.217. The molecule has 274 valence electrons. The van der Waals surface area contributed by atoms with Crippen molar-refractivity contribution in [2.45, 2.75) is 80.4 Å². The lowest BCUT2D eigenvalue weighted by Crippen LogP contribution is -2.16. The maximum absolute atomic E-state index is 2.64. The van der Waals surface area contributed by atoms with E-state index in [0.29, 0.717) is 5.66 Å². The SMILES string of the molecule is c1ccc2c3c(ccc2c1)CP([C@@H]1CC[C@H](C2c4ccc5ccccc5c4-c4c(ccc5ccccc45)CP2C2CCCC2)C1)Cc1ccc2ccccc2c1-3. The Balaban J connectivity index is 0.990. The molecule has 8 aromatic rings. The first-order chi connectivity index (χ1) is 27.8. The van der Waals surface area contributed by atoms with Crippen LogP contribution in [0.3, 0.4) is 0 Å². The minimum atomic E-state index is -0.221. The molecule has 0 amide bonds. The average molecular weight is 759 g/mol. The number of fused-ring (bicyclic) bond motifs is 14. The minimum Gasteiger partial charge on any atom is -0.0945 e. The van der Waals surface area contributed by atoms with Gasteiger partial charge in [0, 0.05) is 5.66 Å². The Bertz CT molecular complexity index is 2740. The zero-order chi connectivity index (χ0) is 36.7. The number of hydrogen-bond donors (Lipinski definition) is 0.